The number of rotatable bonds is 4. The van der Waals surface area contributed by atoms with E-state index in [1.807, 2.05) is 12.3 Å². The summed E-state index contributed by atoms with van der Waals surface area (Å²) < 4.78 is 15.9. The molecule has 0 amide bonds. The second-order valence-corrected chi connectivity index (χ2v) is 7.91. The van der Waals surface area contributed by atoms with Gasteiger partial charge in [-0.2, -0.15) is 0 Å². The molecule has 2 nitrogen and oxygen atoms in total. The fraction of sp³-hybridized carbons (Fsp3) is 0.269. The third kappa shape index (κ3) is 2.96. The molecule has 0 saturated carbocycles. The maximum atomic E-state index is 13.6. The van der Waals surface area contributed by atoms with Gasteiger partial charge in [0.1, 0.15) is 5.82 Å². The molecule has 3 heteroatoms. The fourth-order valence-corrected chi connectivity index (χ4v) is 4.89. The highest BCUT2D eigenvalue weighted by Gasteiger charge is 2.25. The van der Waals surface area contributed by atoms with Crippen LogP contribution in [0, 0.1) is 5.82 Å². The van der Waals surface area contributed by atoms with E-state index in [0.717, 1.165) is 42.5 Å². The van der Waals surface area contributed by atoms with Crippen molar-refractivity contribution in [1.82, 2.24) is 9.55 Å². The minimum Gasteiger partial charge on any atom is -0.339 e. The van der Waals surface area contributed by atoms with E-state index in [4.69, 9.17) is 4.98 Å². The molecule has 5 rings (SSSR count). The summed E-state index contributed by atoms with van der Waals surface area (Å²) in [4.78, 5) is 4.89. The smallest absolute Gasteiger partial charge is 0.123 e. The summed E-state index contributed by atoms with van der Waals surface area (Å²) in [5.74, 6) is -0.144. The molecule has 0 spiro atoms. The van der Waals surface area contributed by atoms with Crippen LogP contribution in [0.2, 0.25) is 0 Å². The Morgan fingerprint density at radius 3 is 2.59 bits per heavy atom. The Labute approximate surface area is 171 Å². The van der Waals surface area contributed by atoms with E-state index in [9.17, 15) is 4.39 Å². The molecule has 2 aromatic heterocycles. The van der Waals surface area contributed by atoms with Crippen molar-refractivity contribution in [3.8, 4) is 11.3 Å². The normalized spacial score (nSPS) is 15.8. The lowest BCUT2D eigenvalue weighted by Crippen LogP contribution is -2.06. The molecule has 2 aromatic carbocycles. The summed E-state index contributed by atoms with van der Waals surface area (Å²) in [5.41, 5.74) is 8.54. The van der Waals surface area contributed by atoms with Gasteiger partial charge in [-0.3, -0.25) is 4.98 Å². The van der Waals surface area contributed by atoms with Crippen LogP contribution in [0.5, 0.6) is 0 Å². The zero-order valence-electron chi connectivity index (χ0n) is 17.0. The van der Waals surface area contributed by atoms with E-state index in [1.54, 1.807) is 12.1 Å². The molecule has 0 aliphatic heterocycles. The number of nitrogens with zero attached hydrogens (tertiary/aromatic N) is 2. The summed E-state index contributed by atoms with van der Waals surface area (Å²) in [7, 11) is 0. The number of aryl methyl sites for hydroxylation is 3. The fourth-order valence-electron chi connectivity index (χ4n) is 4.89. The summed E-state index contributed by atoms with van der Waals surface area (Å²) in [6, 6.07) is 16.4. The van der Waals surface area contributed by atoms with Crippen LogP contribution < -0.4 is 0 Å². The standard InChI is InChI=1S/C26H25FN2/c1-3-17-6-5-7-18(4-2)26(17)23-15-20-12-13-29(25(20)16-28-23)24-11-8-19-14-21(27)9-10-22(19)24/h5-7,9-10,12-16,24H,3-4,8,11H2,1-2H3. The Hall–Kier alpha value is -2.94. The molecule has 0 radical (unpaired) electrons. The van der Waals surface area contributed by atoms with E-state index in [1.165, 1.54) is 27.6 Å². The number of benzene rings is 2. The molecule has 0 N–H and O–H groups in total. The van der Waals surface area contributed by atoms with Crippen LogP contribution in [-0.4, -0.2) is 9.55 Å². The highest BCUT2D eigenvalue weighted by molar-refractivity contribution is 5.85. The van der Waals surface area contributed by atoms with Gasteiger partial charge in [0.05, 0.1) is 23.4 Å². The van der Waals surface area contributed by atoms with Gasteiger partial charge in [-0.15, -0.1) is 0 Å². The Bertz CT molecular complexity index is 1180. The number of halogens is 1. The number of aromatic nitrogens is 2. The first-order valence-electron chi connectivity index (χ1n) is 10.6. The van der Waals surface area contributed by atoms with Crippen molar-refractivity contribution < 1.29 is 4.39 Å². The molecule has 0 bridgehead atoms. The van der Waals surface area contributed by atoms with Crippen molar-refractivity contribution in [1.29, 1.82) is 0 Å². The molecular formula is C26H25FN2. The van der Waals surface area contributed by atoms with Crippen molar-refractivity contribution in [3.05, 3.63) is 89.0 Å². The first-order chi connectivity index (χ1) is 14.2. The van der Waals surface area contributed by atoms with Crippen molar-refractivity contribution >= 4 is 10.9 Å². The average molecular weight is 384 g/mol. The van der Waals surface area contributed by atoms with Gasteiger partial charge in [-0.05, 0) is 72.2 Å². The number of hydrogen-bond acceptors (Lipinski definition) is 1. The van der Waals surface area contributed by atoms with Gasteiger partial charge in [0.25, 0.3) is 0 Å². The molecule has 0 fully saturated rings. The van der Waals surface area contributed by atoms with Gasteiger partial charge in [-0.25, -0.2) is 4.39 Å². The Balaban J connectivity index is 1.60. The molecule has 1 aliphatic rings. The highest BCUT2D eigenvalue weighted by Crippen LogP contribution is 2.37. The zero-order chi connectivity index (χ0) is 20.0. The monoisotopic (exact) mass is 384 g/mol. The third-order valence-electron chi connectivity index (χ3n) is 6.35. The van der Waals surface area contributed by atoms with Gasteiger partial charge in [0.2, 0.25) is 0 Å². The second kappa shape index (κ2) is 7.14. The minimum atomic E-state index is -0.144. The van der Waals surface area contributed by atoms with E-state index < -0.39 is 0 Å². The second-order valence-electron chi connectivity index (χ2n) is 7.91. The van der Waals surface area contributed by atoms with Gasteiger partial charge in [-0.1, -0.05) is 38.1 Å². The van der Waals surface area contributed by atoms with E-state index in [2.05, 4.69) is 54.9 Å². The Kier molecular flexibility index (Phi) is 4.46. The SMILES string of the molecule is CCc1cccc(CC)c1-c1cc2ccn(C3CCc4cc(F)ccc43)c2cn1. The number of fused-ring (bicyclic) bond motifs is 2. The predicted octanol–water partition coefficient (Wildman–Crippen LogP) is 6.50. The first kappa shape index (κ1) is 18.1. The predicted molar refractivity (Wildman–Crippen MR) is 117 cm³/mol. The van der Waals surface area contributed by atoms with E-state index in [-0.39, 0.29) is 11.9 Å². The molecule has 0 saturated heterocycles. The van der Waals surface area contributed by atoms with Crippen LogP contribution in [-0.2, 0) is 19.3 Å². The van der Waals surface area contributed by atoms with Crippen LogP contribution in [0.4, 0.5) is 4.39 Å². The average Bonchev–Trinajstić information content (AvgIpc) is 3.35. The zero-order valence-corrected chi connectivity index (χ0v) is 17.0. The van der Waals surface area contributed by atoms with Crippen molar-refractivity contribution in [3.63, 3.8) is 0 Å². The molecule has 4 aromatic rings. The highest BCUT2D eigenvalue weighted by atomic mass is 19.1. The lowest BCUT2D eigenvalue weighted by atomic mass is 9.94. The summed E-state index contributed by atoms with van der Waals surface area (Å²) in [6.07, 6.45) is 8.10. The molecule has 1 unspecified atom stereocenters. The molecule has 1 aliphatic carbocycles. The quantitative estimate of drug-likeness (QED) is 0.392. The molecular weight excluding hydrogens is 359 g/mol. The van der Waals surface area contributed by atoms with Crippen molar-refractivity contribution in [2.75, 3.05) is 0 Å². The molecule has 146 valence electrons. The summed E-state index contributed by atoms with van der Waals surface area (Å²) in [5, 5.41) is 1.21. The Morgan fingerprint density at radius 2 is 1.83 bits per heavy atom. The van der Waals surface area contributed by atoms with Gasteiger partial charge < -0.3 is 4.57 Å². The van der Waals surface area contributed by atoms with Crippen molar-refractivity contribution in [2.45, 2.75) is 45.6 Å². The first-order valence-corrected chi connectivity index (χ1v) is 10.6. The van der Waals surface area contributed by atoms with E-state index >= 15 is 0 Å². The summed E-state index contributed by atoms with van der Waals surface area (Å²) in [6.45, 7) is 4.40. The van der Waals surface area contributed by atoms with Gasteiger partial charge in [0, 0.05) is 17.1 Å². The Morgan fingerprint density at radius 1 is 1.03 bits per heavy atom. The van der Waals surface area contributed by atoms with Crippen molar-refractivity contribution in [2.24, 2.45) is 0 Å². The molecule has 1 atom stereocenters. The van der Waals surface area contributed by atoms with Crippen LogP contribution in [0.3, 0.4) is 0 Å². The molecule has 2 heterocycles. The van der Waals surface area contributed by atoms with Crippen LogP contribution in [0.15, 0.2) is 60.9 Å². The minimum absolute atomic E-state index is 0.144. The lowest BCUT2D eigenvalue weighted by molar-refractivity contribution is 0.598. The van der Waals surface area contributed by atoms with E-state index in [0.29, 0.717) is 0 Å². The van der Waals surface area contributed by atoms with Crippen LogP contribution >= 0.6 is 0 Å². The van der Waals surface area contributed by atoms with Gasteiger partial charge in [0.15, 0.2) is 0 Å². The summed E-state index contributed by atoms with van der Waals surface area (Å²) >= 11 is 0. The largest absolute Gasteiger partial charge is 0.339 e. The van der Waals surface area contributed by atoms with Crippen LogP contribution in [0.1, 0.15) is 48.6 Å². The number of hydrogen-bond donors (Lipinski definition) is 0. The third-order valence-corrected chi connectivity index (χ3v) is 6.35. The van der Waals surface area contributed by atoms with Gasteiger partial charge >= 0.3 is 0 Å². The lowest BCUT2D eigenvalue weighted by Gasteiger charge is -2.16. The maximum Gasteiger partial charge on any atom is 0.123 e. The molecule has 29 heavy (non-hydrogen) atoms. The number of pyridine rings is 1. The maximum absolute atomic E-state index is 13.6. The van der Waals surface area contributed by atoms with Crippen LogP contribution in [0.25, 0.3) is 22.2 Å². The topological polar surface area (TPSA) is 17.8 Å².